The molecule has 2 heterocycles. The number of carbonyl (C=O) groups is 1. The van der Waals surface area contributed by atoms with Gasteiger partial charge in [-0.2, -0.15) is 9.64 Å². The van der Waals surface area contributed by atoms with Gasteiger partial charge in [-0.3, -0.25) is 14.5 Å². The Morgan fingerprint density at radius 2 is 1.57 bits per heavy atom. The second-order valence-electron chi connectivity index (χ2n) is 12.0. The van der Waals surface area contributed by atoms with Crippen LogP contribution < -0.4 is 14.8 Å². The number of carbonyl (C=O) groups excluding carboxylic acids is 1. The summed E-state index contributed by atoms with van der Waals surface area (Å²) in [4.78, 5) is 20.5. The van der Waals surface area contributed by atoms with Gasteiger partial charge in [0.25, 0.3) is 10.0 Å². The van der Waals surface area contributed by atoms with Gasteiger partial charge in [-0.1, -0.05) is 35.9 Å². The van der Waals surface area contributed by atoms with Gasteiger partial charge in [-0.25, -0.2) is 13.4 Å². The molecular weight excluding hydrogens is 761 g/mol. The molecule has 5 rings (SSSR count). The Kier molecular flexibility index (Phi) is 16.2. The van der Waals surface area contributed by atoms with Gasteiger partial charge >= 0.3 is 0 Å². The van der Waals surface area contributed by atoms with E-state index < -0.39 is 10.0 Å². The normalized spacial score (nSPS) is 11.2. The van der Waals surface area contributed by atoms with E-state index in [9.17, 15) is 18.5 Å². The van der Waals surface area contributed by atoms with E-state index in [1.54, 1.807) is 19.4 Å². The average molecular weight is 803 g/mol. The first-order valence-corrected chi connectivity index (χ1v) is 19.8. The number of ether oxygens (including phenoxy) is 6. The van der Waals surface area contributed by atoms with Crippen LogP contribution >= 0.6 is 11.5 Å². The third kappa shape index (κ3) is 12.9. The predicted octanol–water partition coefficient (Wildman–Crippen LogP) is 5.37. The Morgan fingerprint density at radius 3 is 2.30 bits per heavy atom. The second-order valence-corrected chi connectivity index (χ2v) is 14.5. The zero-order chi connectivity index (χ0) is 39.6. The van der Waals surface area contributed by atoms with Gasteiger partial charge < -0.3 is 33.7 Å². The number of hydrogen-bond donors (Lipinski definition) is 2. The van der Waals surface area contributed by atoms with Crippen molar-refractivity contribution in [3.63, 3.8) is 0 Å². The minimum absolute atomic E-state index is 0.0112. The molecule has 0 fully saturated rings. The molecule has 0 saturated heterocycles. The molecule has 15 nitrogen and oxygen atoms in total. The Labute approximate surface area is 329 Å². The molecule has 17 heteroatoms. The first-order valence-electron chi connectivity index (χ1n) is 17.5. The molecule has 3 aromatic carbocycles. The first-order chi connectivity index (χ1) is 27.3. The van der Waals surface area contributed by atoms with E-state index in [-0.39, 0.29) is 40.5 Å². The van der Waals surface area contributed by atoms with Crippen molar-refractivity contribution < 1.29 is 41.6 Å². The number of hydrogen-bond acceptors (Lipinski definition) is 14. The quantitative estimate of drug-likeness (QED) is 0.0802. The molecule has 0 unspecified atom stereocenters. The number of amides is 1. The van der Waals surface area contributed by atoms with Crippen molar-refractivity contribution in [3.05, 3.63) is 102 Å². The smallest absolute Gasteiger partial charge is 0.263 e. The third-order valence-electron chi connectivity index (χ3n) is 7.87. The number of methoxy groups -OCH3 is 1. The summed E-state index contributed by atoms with van der Waals surface area (Å²) in [6, 6.07) is 23.5. The molecule has 0 aliphatic heterocycles. The van der Waals surface area contributed by atoms with Crippen LogP contribution in [-0.4, -0.2) is 95.2 Å². The minimum atomic E-state index is -4.04. The van der Waals surface area contributed by atoms with Crippen molar-refractivity contribution in [2.75, 3.05) is 71.2 Å². The zero-order valence-electron chi connectivity index (χ0n) is 30.9. The zero-order valence-corrected chi connectivity index (χ0v) is 32.6. The van der Waals surface area contributed by atoms with Crippen LogP contribution in [0.2, 0.25) is 0 Å². The van der Waals surface area contributed by atoms with Gasteiger partial charge in [-0.15, -0.1) is 0 Å². The van der Waals surface area contributed by atoms with E-state index in [0.717, 1.165) is 33.8 Å². The highest BCUT2D eigenvalue weighted by molar-refractivity contribution is 7.93. The number of nitrogens with one attached hydrogen (secondary N) is 2. The molecule has 2 N–H and O–H groups in total. The lowest BCUT2D eigenvalue weighted by molar-refractivity contribution is -0.126. The van der Waals surface area contributed by atoms with Crippen molar-refractivity contribution in [3.8, 4) is 39.8 Å². The molecule has 56 heavy (non-hydrogen) atoms. The molecule has 0 radical (unpaired) electrons. The van der Waals surface area contributed by atoms with Gasteiger partial charge in [0.15, 0.2) is 0 Å². The fourth-order valence-electron chi connectivity index (χ4n) is 5.18. The van der Waals surface area contributed by atoms with Gasteiger partial charge in [-0.05, 0) is 66.1 Å². The number of anilines is 1. The lowest BCUT2D eigenvalue weighted by Crippen LogP contribution is -2.31. The first kappa shape index (κ1) is 41.8. The summed E-state index contributed by atoms with van der Waals surface area (Å²) >= 11 is 0.890. The van der Waals surface area contributed by atoms with E-state index in [4.69, 9.17) is 28.4 Å². The molecule has 0 aliphatic carbocycles. The van der Waals surface area contributed by atoms with Crippen LogP contribution in [0.3, 0.4) is 0 Å². The maximum absolute atomic E-state index is 13.0. The van der Waals surface area contributed by atoms with E-state index in [0.29, 0.717) is 69.8 Å². The molecule has 2 aromatic heterocycles. The molecule has 294 valence electrons. The summed E-state index contributed by atoms with van der Waals surface area (Å²) in [5.74, 6) is 0.284. The minimum Gasteiger partial charge on any atom is -0.455 e. The highest BCUT2D eigenvalue weighted by atomic mass is 32.2. The maximum atomic E-state index is 13.0. The van der Waals surface area contributed by atoms with Crippen LogP contribution in [0.25, 0.3) is 22.3 Å². The van der Waals surface area contributed by atoms with Crippen LogP contribution in [0, 0.1) is 18.3 Å². The number of sulfonamides is 1. The molecule has 0 spiro atoms. The number of nitrogens with zero attached hydrogens (tertiary/aromatic N) is 4. The largest absolute Gasteiger partial charge is 0.455 e. The summed E-state index contributed by atoms with van der Waals surface area (Å²) in [5.41, 5.74) is 5.03. The fraction of sp³-hybridized carbons (Fsp3) is 0.308. The SMILES string of the molecule is COCCOCCOCCOCCNC(=O)COCc1cc(-c2cc(-c3cccc(C)c3)ccc2Oc2ccc(S(=O)(=O)Nc3ncns3)cc2C#N)ccn1. The Bertz CT molecular complexity index is 2180. The fourth-order valence-corrected chi connectivity index (χ4v) is 6.87. The summed E-state index contributed by atoms with van der Waals surface area (Å²) in [6.45, 7) is 5.40. The summed E-state index contributed by atoms with van der Waals surface area (Å²) in [5, 5.41) is 12.9. The highest BCUT2D eigenvalue weighted by Gasteiger charge is 2.20. The monoisotopic (exact) mass is 802 g/mol. The van der Waals surface area contributed by atoms with E-state index in [1.165, 1.54) is 24.5 Å². The molecule has 0 atom stereocenters. The predicted molar refractivity (Wildman–Crippen MR) is 209 cm³/mol. The summed E-state index contributed by atoms with van der Waals surface area (Å²) in [6.07, 6.45) is 2.88. The second kappa shape index (κ2) is 21.7. The van der Waals surface area contributed by atoms with Crippen molar-refractivity contribution in [2.24, 2.45) is 0 Å². The standard InChI is InChI=1S/C39H42N6O9S2/c1-28-4-3-5-29(20-28)30-6-8-37(54-36-9-7-34(22-32(36)24-40)56(47,48)45-39-43-27-44-55-39)35(23-30)31-10-11-41-33(21-31)25-53-26-38(46)42-12-13-50-16-17-52-19-18-51-15-14-49-2/h3-11,20-23,27H,12-19,25-26H2,1-2H3,(H,42,46)(H,43,44,45). The Hall–Kier alpha value is -5.32. The molecule has 5 aromatic rings. The molecule has 0 saturated carbocycles. The van der Waals surface area contributed by atoms with Gasteiger partial charge in [0.05, 0.1) is 69.0 Å². The molecule has 1 amide bonds. The topological polar surface area (TPSA) is 193 Å². The van der Waals surface area contributed by atoms with Crippen molar-refractivity contribution in [1.82, 2.24) is 19.7 Å². The third-order valence-corrected chi connectivity index (χ3v) is 9.92. The Balaban J connectivity index is 1.22. The van der Waals surface area contributed by atoms with Crippen LogP contribution in [0.15, 0.2) is 90.2 Å². The number of nitriles is 1. The summed E-state index contributed by atoms with van der Waals surface area (Å²) in [7, 11) is -2.42. The number of rotatable bonds is 23. The van der Waals surface area contributed by atoms with E-state index in [1.807, 2.05) is 55.5 Å². The number of aryl methyl sites for hydroxylation is 1. The van der Waals surface area contributed by atoms with Crippen molar-refractivity contribution in [1.29, 1.82) is 5.26 Å². The van der Waals surface area contributed by atoms with Crippen molar-refractivity contribution >= 4 is 32.6 Å². The summed E-state index contributed by atoms with van der Waals surface area (Å²) < 4.78 is 65.3. The Morgan fingerprint density at radius 1 is 0.821 bits per heavy atom. The van der Waals surface area contributed by atoms with Gasteiger partial charge in [0.2, 0.25) is 11.0 Å². The number of pyridine rings is 1. The van der Waals surface area contributed by atoms with Crippen molar-refractivity contribution in [2.45, 2.75) is 18.4 Å². The van der Waals surface area contributed by atoms with Crippen LogP contribution in [0.5, 0.6) is 11.5 Å². The van der Waals surface area contributed by atoms with Gasteiger partial charge in [0, 0.05) is 36.9 Å². The van der Waals surface area contributed by atoms with Crippen LogP contribution in [-0.2, 0) is 45.1 Å². The van der Waals surface area contributed by atoms with Crippen LogP contribution in [0.1, 0.15) is 16.8 Å². The highest BCUT2D eigenvalue weighted by Crippen LogP contribution is 2.38. The van der Waals surface area contributed by atoms with Crippen LogP contribution in [0.4, 0.5) is 5.13 Å². The lowest BCUT2D eigenvalue weighted by atomic mass is 9.97. The maximum Gasteiger partial charge on any atom is 0.263 e. The molecular formula is C39H42N6O9S2. The molecule has 0 bridgehead atoms. The average Bonchev–Trinajstić information content (AvgIpc) is 3.71. The van der Waals surface area contributed by atoms with Gasteiger partial charge in [0.1, 0.15) is 30.5 Å². The lowest BCUT2D eigenvalue weighted by Gasteiger charge is -2.16. The molecule has 0 aliphatic rings. The number of benzene rings is 3. The van der Waals surface area contributed by atoms with E-state index in [2.05, 4.69) is 30.4 Å². The van der Waals surface area contributed by atoms with E-state index >= 15 is 0 Å². The number of aromatic nitrogens is 3.